The van der Waals surface area contributed by atoms with Gasteiger partial charge >= 0.3 is 6.61 Å². The van der Waals surface area contributed by atoms with Gasteiger partial charge in [-0.15, -0.1) is 11.3 Å². The molecule has 7 heteroatoms. The van der Waals surface area contributed by atoms with Gasteiger partial charge in [-0.3, -0.25) is 4.79 Å². The van der Waals surface area contributed by atoms with Crippen molar-refractivity contribution in [1.82, 2.24) is 5.32 Å². The third-order valence-corrected chi connectivity index (χ3v) is 5.63. The zero-order valence-electron chi connectivity index (χ0n) is 14.4. The normalized spacial score (nSPS) is 19.7. The summed E-state index contributed by atoms with van der Waals surface area (Å²) in [5.74, 6) is 0.200. The standard InChI is InChI=1S/C19H22F2N2O2S/c20-19(21)25-15-7-5-14(6-8-15)9-10-22-18(24)13-23-11-1-3-16(23)17-4-2-12-26-17/h2,4-8,12,16,19H,1,3,9-11,13H2,(H,22,24)/p+1/t16-/m1/s1. The molecule has 1 unspecified atom stereocenters. The van der Waals surface area contributed by atoms with E-state index in [2.05, 4.69) is 27.6 Å². The Hall–Kier alpha value is -1.99. The molecular weight excluding hydrogens is 358 g/mol. The summed E-state index contributed by atoms with van der Waals surface area (Å²) in [6.07, 6.45) is 2.94. The minimum atomic E-state index is -2.81. The highest BCUT2D eigenvalue weighted by Crippen LogP contribution is 2.23. The predicted octanol–water partition coefficient (Wildman–Crippen LogP) is 2.43. The molecule has 1 fully saturated rings. The largest absolute Gasteiger partial charge is 0.435 e. The van der Waals surface area contributed by atoms with Gasteiger partial charge in [-0.25, -0.2) is 0 Å². The number of alkyl halides is 2. The van der Waals surface area contributed by atoms with Gasteiger partial charge < -0.3 is 15.0 Å². The summed E-state index contributed by atoms with van der Waals surface area (Å²) in [5, 5.41) is 5.05. The van der Waals surface area contributed by atoms with Crippen LogP contribution in [-0.2, 0) is 11.2 Å². The summed E-state index contributed by atoms with van der Waals surface area (Å²) in [4.78, 5) is 14.9. The third-order valence-electron chi connectivity index (χ3n) is 4.64. The van der Waals surface area contributed by atoms with Crippen LogP contribution in [0.25, 0.3) is 0 Å². The smallest absolute Gasteiger partial charge is 0.387 e. The average molecular weight is 381 g/mol. The molecule has 1 amide bonds. The second kappa shape index (κ2) is 9.09. The van der Waals surface area contributed by atoms with Gasteiger partial charge in [-0.05, 0) is 35.6 Å². The van der Waals surface area contributed by atoms with Crippen molar-refractivity contribution in [1.29, 1.82) is 0 Å². The topological polar surface area (TPSA) is 42.8 Å². The quantitative estimate of drug-likeness (QED) is 0.738. The molecule has 0 spiro atoms. The van der Waals surface area contributed by atoms with Gasteiger partial charge in [0.05, 0.1) is 11.4 Å². The number of rotatable bonds is 8. The molecule has 1 aliphatic heterocycles. The second-order valence-corrected chi connectivity index (χ2v) is 7.40. The number of likely N-dealkylation sites (tertiary alicyclic amines) is 1. The van der Waals surface area contributed by atoms with Crippen molar-refractivity contribution in [2.75, 3.05) is 19.6 Å². The molecule has 2 N–H and O–H groups in total. The Morgan fingerprint density at radius 2 is 2.12 bits per heavy atom. The van der Waals surface area contributed by atoms with E-state index in [-0.39, 0.29) is 11.7 Å². The van der Waals surface area contributed by atoms with E-state index in [0.717, 1.165) is 24.9 Å². The summed E-state index contributed by atoms with van der Waals surface area (Å²) >= 11 is 1.76. The van der Waals surface area contributed by atoms with Crippen molar-refractivity contribution in [2.24, 2.45) is 0 Å². The van der Waals surface area contributed by atoms with Crippen LogP contribution >= 0.6 is 11.3 Å². The van der Waals surface area contributed by atoms with Crippen molar-refractivity contribution in [2.45, 2.75) is 31.9 Å². The Bertz CT molecular complexity index is 692. The first-order valence-corrected chi connectivity index (χ1v) is 9.68. The SMILES string of the molecule is O=C(C[NH+]1CCC[C@@H]1c1cccs1)NCCc1ccc(OC(F)F)cc1. The predicted molar refractivity (Wildman–Crippen MR) is 96.8 cm³/mol. The van der Waals surface area contributed by atoms with Crippen LogP contribution in [-0.4, -0.2) is 32.2 Å². The lowest BCUT2D eigenvalue weighted by molar-refractivity contribution is -0.910. The third kappa shape index (κ3) is 5.25. The van der Waals surface area contributed by atoms with E-state index < -0.39 is 6.61 Å². The van der Waals surface area contributed by atoms with Gasteiger partial charge in [0.25, 0.3) is 5.91 Å². The van der Waals surface area contributed by atoms with Crippen LogP contribution in [0.3, 0.4) is 0 Å². The number of benzene rings is 1. The van der Waals surface area contributed by atoms with Crippen molar-refractivity contribution in [3.8, 4) is 5.75 Å². The monoisotopic (exact) mass is 381 g/mol. The number of carbonyl (C=O) groups is 1. The summed E-state index contributed by atoms with van der Waals surface area (Å²) in [5.41, 5.74) is 0.969. The first-order chi connectivity index (χ1) is 12.6. The highest BCUT2D eigenvalue weighted by atomic mass is 32.1. The maximum Gasteiger partial charge on any atom is 0.387 e. The maximum absolute atomic E-state index is 12.2. The number of quaternary nitrogens is 1. The minimum Gasteiger partial charge on any atom is -0.435 e. The van der Waals surface area contributed by atoms with E-state index in [4.69, 9.17) is 0 Å². The second-order valence-electron chi connectivity index (χ2n) is 6.42. The van der Waals surface area contributed by atoms with Crippen LogP contribution in [0.4, 0.5) is 8.78 Å². The maximum atomic E-state index is 12.2. The Morgan fingerprint density at radius 1 is 1.31 bits per heavy atom. The number of hydrogen-bond acceptors (Lipinski definition) is 3. The van der Waals surface area contributed by atoms with Gasteiger partial charge in [0, 0.05) is 19.4 Å². The highest BCUT2D eigenvalue weighted by molar-refractivity contribution is 7.10. The lowest BCUT2D eigenvalue weighted by Crippen LogP contribution is -3.11. The van der Waals surface area contributed by atoms with Crippen molar-refractivity contribution in [3.05, 3.63) is 52.2 Å². The van der Waals surface area contributed by atoms with Gasteiger partial charge in [-0.1, -0.05) is 18.2 Å². The fourth-order valence-corrected chi connectivity index (χ4v) is 4.33. The number of ether oxygens (including phenoxy) is 1. The molecule has 2 heterocycles. The zero-order chi connectivity index (χ0) is 18.4. The number of nitrogens with one attached hydrogen (secondary N) is 2. The molecule has 0 bridgehead atoms. The number of halogens is 2. The molecule has 140 valence electrons. The Balaban J connectivity index is 1.41. The van der Waals surface area contributed by atoms with Gasteiger partial charge in [0.15, 0.2) is 6.54 Å². The molecule has 1 aromatic carbocycles. The first-order valence-electron chi connectivity index (χ1n) is 8.80. The van der Waals surface area contributed by atoms with E-state index in [1.54, 1.807) is 23.5 Å². The fourth-order valence-electron chi connectivity index (χ4n) is 3.41. The average Bonchev–Trinajstić information content (AvgIpc) is 3.27. The molecule has 2 atom stereocenters. The summed E-state index contributed by atoms with van der Waals surface area (Å²) in [7, 11) is 0. The van der Waals surface area contributed by atoms with Crippen molar-refractivity contribution in [3.63, 3.8) is 0 Å². The van der Waals surface area contributed by atoms with E-state index >= 15 is 0 Å². The van der Waals surface area contributed by atoms with E-state index in [0.29, 0.717) is 25.6 Å². The van der Waals surface area contributed by atoms with Crippen LogP contribution in [0.1, 0.15) is 29.3 Å². The number of amides is 1. The first kappa shape index (κ1) is 18.8. The van der Waals surface area contributed by atoms with E-state index in [9.17, 15) is 13.6 Å². The summed E-state index contributed by atoms with van der Waals surface area (Å²) in [6, 6.07) is 11.2. The highest BCUT2D eigenvalue weighted by Gasteiger charge is 2.32. The van der Waals surface area contributed by atoms with Gasteiger partial charge in [0.2, 0.25) is 0 Å². The zero-order valence-corrected chi connectivity index (χ0v) is 15.2. The Labute approximate surface area is 155 Å². The van der Waals surface area contributed by atoms with Crippen molar-refractivity contribution < 1.29 is 23.2 Å². The van der Waals surface area contributed by atoms with Crippen LogP contribution in [0.5, 0.6) is 5.75 Å². The minimum absolute atomic E-state index is 0.0566. The van der Waals surface area contributed by atoms with Gasteiger partial charge in [0.1, 0.15) is 11.8 Å². The van der Waals surface area contributed by atoms with Crippen LogP contribution in [0, 0.1) is 0 Å². The van der Waals surface area contributed by atoms with Gasteiger partial charge in [-0.2, -0.15) is 8.78 Å². The molecule has 0 saturated carbocycles. The number of carbonyl (C=O) groups excluding carboxylic acids is 1. The van der Waals surface area contributed by atoms with Crippen LogP contribution < -0.4 is 15.0 Å². The fraction of sp³-hybridized carbons (Fsp3) is 0.421. The number of hydrogen-bond donors (Lipinski definition) is 2. The lowest BCUT2D eigenvalue weighted by Gasteiger charge is -2.20. The van der Waals surface area contributed by atoms with E-state index in [1.165, 1.54) is 21.9 Å². The summed E-state index contributed by atoms with van der Waals surface area (Å²) < 4.78 is 28.6. The number of thiophene rings is 1. The Kier molecular flexibility index (Phi) is 6.57. The Morgan fingerprint density at radius 3 is 2.81 bits per heavy atom. The van der Waals surface area contributed by atoms with Crippen LogP contribution in [0.15, 0.2) is 41.8 Å². The molecule has 1 aliphatic rings. The molecule has 2 aromatic rings. The molecule has 3 rings (SSSR count). The van der Waals surface area contributed by atoms with Crippen LogP contribution in [0.2, 0.25) is 0 Å². The van der Waals surface area contributed by atoms with E-state index in [1.807, 2.05) is 0 Å². The molecule has 0 radical (unpaired) electrons. The molecule has 26 heavy (non-hydrogen) atoms. The molecule has 1 aromatic heterocycles. The molecular formula is C19H23F2N2O2S+. The summed E-state index contributed by atoms with van der Waals surface area (Å²) in [6.45, 7) is -0.762. The molecule has 4 nitrogen and oxygen atoms in total. The van der Waals surface area contributed by atoms with Crippen molar-refractivity contribution >= 4 is 17.2 Å². The molecule has 1 saturated heterocycles. The molecule has 0 aliphatic carbocycles. The lowest BCUT2D eigenvalue weighted by atomic mass is 10.1.